The minimum Gasteiger partial charge on any atom is -0.386 e. The maximum absolute atomic E-state index is 13.6. The average Bonchev–Trinajstić information content (AvgIpc) is 3.07. The number of aryl methyl sites for hydroxylation is 1. The second-order valence-electron chi connectivity index (χ2n) is 6.99. The Morgan fingerprint density at radius 3 is 2.82 bits per heavy atom. The van der Waals surface area contributed by atoms with E-state index >= 15 is 0 Å². The predicted molar refractivity (Wildman–Crippen MR) is 89.7 cm³/mol. The average molecular weight is 300 g/mol. The van der Waals surface area contributed by atoms with Gasteiger partial charge in [-0.15, -0.1) is 0 Å². The first kappa shape index (κ1) is 15.3. The second kappa shape index (κ2) is 6.23. The van der Waals surface area contributed by atoms with Crippen molar-refractivity contribution in [3.63, 3.8) is 0 Å². The number of hydrogen-bond donors (Lipinski definition) is 1. The highest BCUT2D eigenvalue weighted by molar-refractivity contribution is 6.02. The van der Waals surface area contributed by atoms with E-state index in [1.165, 1.54) is 19.3 Å². The monoisotopic (exact) mass is 300 g/mol. The first-order valence-corrected chi connectivity index (χ1v) is 8.27. The van der Waals surface area contributed by atoms with Gasteiger partial charge in [0.2, 0.25) is 0 Å². The van der Waals surface area contributed by atoms with Crippen molar-refractivity contribution in [3.05, 3.63) is 47.4 Å². The number of benzene rings is 1. The molecular weight excluding hydrogens is 275 g/mol. The van der Waals surface area contributed by atoms with Gasteiger partial charge in [0.05, 0.1) is 0 Å². The first-order valence-electron chi connectivity index (χ1n) is 8.27. The van der Waals surface area contributed by atoms with Gasteiger partial charge in [0.15, 0.2) is 0 Å². The van der Waals surface area contributed by atoms with Gasteiger partial charge in [-0.3, -0.25) is 4.99 Å². The van der Waals surface area contributed by atoms with Crippen LogP contribution < -0.4 is 5.32 Å². The van der Waals surface area contributed by atoms with Gasteiger partial charge < -0.3 is 5.32 Å². The summed E-state index contributed by atoms with van der Waals surface area (Å²) in [5.74, 6) is 0.975. The van der Waals surface area contributed by atoms with Gasteiger partial charge in [-0.05, 0) is 61.8 Å². The van der Waals surface area contributed by atoms with E-state index in [2.05, 4.69) is 23.8 Å². The van der Waals surface area contributed by atoms with Gasteiger partial charge in [-0.1, -0.05) is 19.6 Å². The smallest absolute Gasteiger partial charge is 0.124 e. The lowest BCUT2D eigenvalue weighted by molar-refractivity contribution is 0.507. The summed E-state index contributed by atoms with van der Waals surface area (Å²) < 4.78 is 13.6. The molecule has 0 bridgehead atoms. The number of aliphatic imine (C=N–C) groups is 1. The lowest BCUT2D eigenvalue weighted by Crippen LogP contribution is -2.29. The largest absolute Gasteiger partial charge is 0.386 e. The molecule has 0 radical (unpaired) electrons. The molecule has 0 aromatic heterocycles. The zero-order valence-corrected chi connectivity index (χ0v) is 13.5. The van der Waals surface area contributed by atoms with Crippen LogP contribution >= 0.6 is 0 Å². The Morgan fingerprint density at radius 2 is 2.14 bits per heavy atom. The van der Waals surface area contributed by atoms with Crippen LogP contribution in [-0.2, 0) is 0 Å². The van der Waals surface area contributed by atoms with Crippen molar-refractivity contribution < 1.29 is 4.39 Å². The quantitative estimate of drug-likeness (QED) is 0.884. The summed E-state index contributed by atoms with van der Waals surface area (Å²) in [6.07, 6.45) is 4.64. The molecule has 2 aliphatic rings. The molecule has 1 saturated carbocycles. The van der Waals surface area contributed by atoms with Gasteiger partial charge in [0.25, 0.3) is 0 Å². The first-order chi connectivity index (χ1) is 10.5. The minimum absolute atomic E-state index is 0.182. The molecule has 3 atom stereocenters. The Bertz CT molecular complexity index is 585. The van der Waals surface area contributed by atoms with Crippen molar-refractivity contribution in [1.29, 1.82) is 0 Å². The summed E-state index contributed by atoms with van der Waals surface area (Å²) in [4.78, 5) is 4.63. The van der Waals surface area contributed by atoms with Crippen molar-refractivity contribution in [2.45, 2.75) is 45.6 Å². The predicted octanol–water partition coefficient (Wildman–Crippen LogP) is 4.24. The fourth-order valence-electron chi connectivity index (χ4n) is 3.65. The van der Waals surface area contributed by atoms with Crippen LogP contribution in [0, 0.1) is 24.6 Å². The molecule has 1 aromatic rings. The normalized spacial score (nSPS) is 27.8. The Balaban J connectivity index is 1.60. The second-order valence-corrected chi connectivity index (χ2v) is 6.99. The highest BCUT2D eigenvalue weighted by atomic mass is 19.1. The number of nitrogens with zero attached hydrogens (tertiary/aromatic N) is 1. The molecular formula is C19H25FN2. The maximum atomic E-state index is 13.6. The molecule has 1 aromatic carbocycles. The Hall–Kier alpha value is -1.64. The molecule has 1 heterocycles. The van der Waals surface area contributed by atoms with Crippen LogP contribution in [-0.4, -0.2) is 18.3 Å². The summed E-state index contributed by atoms with van der Waals surface area (Å²) in [5, 5.41) is 3.60. The third-order valence-electron chi connectivity index (χ3n) is 4.89. The van der Waals surface area contributed by atoms with Crippen LogP contribution in [0.2, 0.25) is 0 Å². The standard InChI is InChI=1S/C19H25FN2/c1-12-4-5-18(8-12)22-14(3)16-10-19(21-11-16)15-6-13(2)7-17(20)9-15/h6-7,9,12,16,18,22H,3-5,8,10-11H2,1-2H3. The summed E-state index contributed by atoms with van der Waals surface area (Å²) >= 11 is 0. The minimum atomic E-state index is -0.182. The van der Waals surface area contributed by atoms with E-state index in [4.69, 9.17) is 0 Å². The Labute approximate surface area is 132 Å². The van der Waals surface area contributed by atoms with Crippen molar-refractivity contribution in [3.8, 4) is 0 Å². The topological polar surface area (TPSA) is 24.4 Å². The number of hydrogen-bond acceptors (Lipinski definition) is 2. The molecule has 1 fully saturated rings. The molecule has 1 aliphatic heterocycles. The molecule has 3 unspecified atom stereocenters. The molecule has 0 amide bonds. The zero-order chi connectivity index (χ0) is 15.7. The summed E-state index contributed by atoms with van der Waals surface area (Å²) in [6, 6.07) is 5.73. The molecule has 3 rings (SSSR count). The Kier molecular flexibility index (Phi) is 4.32. The van der Waals surface area contributed by atoms with E-state index in [0.717, 1.165) is 41.4 Å². The van der Waals surface area contributed by atoms with E-state index in [9.17, 15) is 4.39 Å². The number of rotatable bonds is 4. The van der Waals surface area contributed by atoms with Gasteiger partial charge in [0.1, 0.15) is 5.82 Å². The summed E-state index contributed by atoms with van der Waals surface area (Å²) in [5.41, 5.74) is 3.97. The molecule has 1 N–H and O–H groups in total. The molecule has 0 saturated heterocycles. The molecule has 1 aliphatic carbocycles. The number of halogens is 1. The highest BCUT2D eigenvalue weighted by Gasteiger charge is 2.26. The fraction of sp³-hybridized carbons (Fsp3) is 0.526. The lowest BCUT2D eigenvalue weighted by Gasteiger charge is -2.20. The zero-order valence-electron chi connectivity index (χ0n) is 13.5. The van der Waals surface area contributed by atoms with Crippen molar-refractivity contribution in [1.82, 2.24) is 5.32 Å². The third kappa shape index (κ3) is 3.40. The van der Waals surface area contributed by atoms with E-state index in [1.54, 1.807) is 12.1 Å². The van der Waals surface area contributed by atoms with Crippen LogP contribution in [0.3, 0.4) is 0 Å². The van der Waals surface area contributed by atoms with Gasteiger partial charge >= 0.3 is 0 Å². The van der Waals surface area contributed by atoms with Crippen LogP contribution in [0.15, 0.2) is 35.5 Å². The van der Waals surface area contributed by atoms with Gasteiger partial charge in [-0.2, -0.15) is 0 Å². The SMILES string of the molecule is C=C(NC1CCC(C)C1)C1CN=C(c2cc(C)cc(F)c2)C1. The van der Waals surface area contributed by atoms with Crippen LogP contribution in [0.25, 0.3) is 0 Å². The molecule has 22 heavy (non-hydrogen) atoms. The van der Waals surface area contributed by atoms with E-state index < -0.39 is 0 Å². The van der Waals surface area contributed by atoms with Gasteiger partial charge in [0, 0.05) is 29.9 Å². The van der Waals surface area contributed by atoms with E-state index in [1.807, 2.05) is 13.0 Å². The van der Waals surface area contributed by atoms with Crippen LogP contribution in [0.5, 0.6) is 0 Å². The Morgan fingerprint density at radius 1 is 1.32 bits per heavy atom. The molecule has 0 spiro atoms. The summed E-state index contributed by atoms with van der Waals surface area (Å²) in [6.45, 7) is 9.22. The third-order valence-corrected chi connectivity index (χ3v) is 4.89. The summed E-state index contributed by atoms with van der Waals surface area (Å²) in [7, 11) is 0. The van der Waals surface area contributed by atoms with Crippen LogP contribution in [0.1, 0.15) is 43.7 Å². The molecule has 2 nitrogen and oxygen atoms in total. The van der Waals surface area contributed by atoms with E-state index in [-0.39, 0.29) is 5.82 Å². The lowest BCUT2D eigenvalue weighted by atomic mass is 9.97. The van der Waals surface area contributed by atoms with Crippen molar-refractivity contribution >= 4 is 5.71 Å². The number of nitrogens with one attached hydrogen (secondary N) is 1. The van der Waals surface area contributed by atoms with Crippen molar-refractivity contribution in [2.75, 3.05) is 6.54 Å². The maximum Gasteiger partial charge on any atom is 0.124 e. The molecule has 3 heteroatoms. The van der Waals surface area contributed by atoms with Crippen LogP contribution in [0.4, 0.5) is 4.39 Å². The fourth-order valence-corrected chi connectivity index (χ4v) is 3.65. The van der Waals surface area contributed by atoms with E-state index in [0.29, 0.717) is 12.0 Å². The molecule has 118 valence electrons. The van der Waals surface area contributed by atoms with Crippen molar-refractivity contribution in [2.24, 2.45) is 16.8 Å². The van der Waals surface area contributed by atoms with Gasteiger partial charge in [-0.25, -0.2) is 4.39 Å². The highest BCUT2D eigenvalue weighted by Crippen LogP contribution is 2.28.